The van der Waals surface area contributed by atoms with E-state index in [4.69, 9.17) is 10.3 Å². The zero-order valence-corrected chi connectivity index (χ0v) is 11.0. The topological polar surface area (TPSA) is 77.0 Å². The first-order chi connectivity index (χ1) is 9.24. The summed E-state index contributed by atoms with van der Waals surface area (Å²) in [5.74, 6) is 1.23. The Labute approximate surface area is 112 Å². The Morgan fingerprint density at radius 2 is 2.11 bits per heavy atom. The summed E-state index contributed by atoms with van der Waals surface area (Å²) in [6, 6.07) is 7.86. The summed E-state index contributed by atoms with van der Waals surface area (Å²) < 4.78 is 5.17. The first-order valence-corrected chi connectivity index (χ1v) is 6.24. The Morgan fingerprint density at radius 3 is 2.74 bits per heavy atom. The number of hydrogen-bond acceptors (Lipinski definition) is 5. The van der Waals surface area contributed by atoms with E-state index in [1.165, 1.54) is 0 Å². The van der Waals surface area contributed by atoms with Crippen molar-refractivity contribution in [1.82, 2.24) is 15.5 Å². The van der Waals surface area contributed by atoms with Gasteiger partial charge < -0.3 is 15.6 Å². The van der Waals surface area contributed by atoms with Crippen LogP contribution < -0.4 is 11.1 Å². The maximum Gasteiger partial charge on any atom is 0.227 e. The molecule has 0 aliphatic heterocycles. The minimum atomic E-state index is 0.605. The third-order valence-corrected chi connectivity index (χ3v) is 2.86. The molecule has 0 radical (unpaired) electrons. The quantitative estimate of drug-likeness (QED) is 0.826. The van der Waals surface area contributed by atoms with Crippen LogP contribution in [0.4, 0.5) is 0 Å². The lowest BCUT2D eigenvalue weighted by Gasteiger charge is -2.04. The molecule has 1 aromatic heterocycles. The van der Waals surface area contributed by atoms with Crippen molar-refractivity contribution in [3.63, 3.8) is 0 Å². The van der Waals surface area contributed by atoms with Crippen LogP contribution in [0.2, 0.25) is 0 Å². The summed E-state index contributed by atoms with van der Waals surface area (Å²) in [7, 11) is 1.85. The highest BCUT2D eigenvalue weighted by Gasteiger charge is 2.08. The van der Waals surface area contributed by atoms with Crippen molar-refractivity contribution in [2.75, 3.05) is 13.6 Å². The number of aromatic nitrogens is 2. The lowest BCUT2D eigenvalue weighted by molar-refractivity contribution is 0.376. The number of nitrogens with one attached hydrogen (secondary N) is 1. The molecule has 5 nitrogen and oxygen atoms in total. The second-order valence-corrected chi connectivity index (χ2v) is 4.21. The number of nitrogens with zero attached hydrogens (tertiary/aromatic N) is 2. The van der Waals surface area contributed by atoms with Crippen LogP contribution in [0, 0.1) is 0 Å². The van der Waals surface area contributed by atoms with Crippen LogP contribution in [0.3, 0.4) is 0 Å². The zero-order valence-electron chi connectivity index (χ0n) is 11.0. The Hall–Kier alpha value is -2.14. The molecule has 19 heavy (non-hydrogen) atoms. The minimum Gasteiger partial charge on any atom is -0.388 e. The van der Waals surface area contributed by atoms with Gasteiger partial charge in [0.1, 0.15) is 0 Å². The molecule has 0 amide bonds. The van der Waals surface area contributed by atoms with Crippen molar-refractivity contribution in [2.45, 2.75) is 12.8 Å². The van der Waals surface area contributed by atoms with Crippen molar-refractivity contribution in [2.24, 2.45) is 5.73 Å². The molecule has 0 spiro atoms. The highest BCUT2D eigenvalue weighted by atomic mass is 16.5. The Morgan fingerprint density at radius 1 is 1.37 bits per heavy atom. The smallest absolute Gasteiger partial charge is 0.227 e. The third-order valence-electron chi connectivity index (χ3n) is 2.86. The van der Waals surface area contributed by atoms with E-state index in [-0.39, 0.29) is 0 Å². The average molecular weight is 258 g/mol. The predicted octanol–water partition coefficient (Wildman–Crippen LogP) is 1.82. The van der Waals surface area contributed by atoms with Gasteiger partial charge in [-0.15, -0.1) is 0 Å². The van der Waals surface area contributed by atoms with Crippen molar-refractivity contribution in [3.05, 3.63) is 42.3 Å². The molecule has 2 rings (SSSR count). The van der Waals surface area contributed by atoms with Gasteiger partial charge in [0, 0.05) is 24.7 Å². The van der Waals surface area contributed by atoms with E-state index in [0.29, 0.717) is 18.3 Å². The predicted molar refractivity (Wildman–Crippen MR) is 75.2 cm³/mol. The molecule has 0 atom stereocenters. The molecule has 2 aromatic rings. The van der Waals surface area contributed by atoms with Crippen LogP contribution in [-0.4, -0.2) is 23.7 Å². The van der Waals surface area contributed by atoms with Crippen molar-refractivity contribution >= 4 is 5.70 Å². The highest BCUT2D eigenvalue weighted by Crippen LogP contribution is 2.19. The maximum absolute atomic E-state index is 5.45. The van der Waals surface area contributed by atoms with Crippen molar-refractivity contribution in [1.29, 1.82) is 0 Å². The van der Waals surface area contributed by atoms with E-state index in [2.05, 4.69) is 22.0 Å². The Kier molecular flexibility index (Phi) is 4.30. The van der Waals surface area contributed by atoms with Gasteiger partial charge in [0.05, 0.1) is 0 Å². The first kappa shape index (κ1) is 13.3. The molecular weight excluding hydrogens is 240 g/mol. The summed E-state index contributed by atoms with van der Waals surface area (Å²) in [5, 5.41) is 6.98. The van der Waals surface area contributed by atoms with Crippen molar-refractivity contribution < 1.29 is 4.52 Å². The first-order valence-electron chi connectivity index (χ1n) is 6.24. The number of nitrogens with two attached hydrogens (primary N) is 1. The van der Waals surface area contributed by atoms with Crippen molar-refractivity contribution in [3.8, 4) is 11.4 Å². The maximum atomic E-state index is 5.45. The molecule has 0 bridgehead atoms. The molecule has 0 saturated heterocycles. The minimum absolute atomic E-state index is 0.605. The van der Waals surface area contributed by atoms with Crippen LogP contribution in [0.5, 0.6) is 0 Å². The fourth-order valence-electron chi connectivity index (χ4n) is 1.69. The summed E-state index contributed by atoms with van der Waals surface area (Å²) in [6.45, 7) is 4.53. The second kappa shape index (κ2) is 6.15. The molecule has 100 valence electrons. The number of aryl methyl sites for hydroxylation is 1. The molecular formula is C14H18N4O. The third kappa shape index (κ3) is 3.20. The van der Waals surface area contributed by atoms with Crippen LogP contribution in [0.25, 0.3) is 17.1 Å². The van der Waals surface area contributed by atoms with Gasteiger partial charge >= 0.3 is 0 Å². The average Bonchev–Trinajstić information content (AvgIpc) is 2.93. The molecule has 3 N–H and O–H groups in total. The largest absolute Gasteiger partial charge is 0.388 e. The molecule has 0 fully saturated rings. The highest BCUT2D eigenvalue weighted by molar-refractivity contribution is 5.65. The fraction of sp³-hybridized carbons (Fsp3) is 0.286. The van der Waals surface area contributed by atoms with E-state index in [1.54, 1.807) is 0 Å². The van der Waals surface area contributed by atoms with Gasteiger partial charge in [0.25, 0.3) is 0 Å². The van der Waals surface area contributed by atoms with Crippen LogP contribution in [0.1, 0.15) is 17.9 Å². The molecule has 0 unspecified atom stereocenters. The molecule has 1 aromatic carbocycles. The fourth-order valence-corrected chi connectivity index (χ4v) is 1.69. The lowest BCUT2D eigenvalue weighted by Crippen LogP contribution is -2.02. The zero-order chi connectivity index (χ0) is 13.7. The second-order valence-electron chi connectivity index (χ2n) is 4.21. The SMILES string of the molecule is C=C(NC)c1ccc(-c2noc(CCCN)n2)cc1. The Bertz CT molecular complexity index is 545. The summed E-state index contributed by atoms with van der Waals surface area (Å²) in [4.78, 5) is 4.34. The molecule has 0 aliphatic carbocycles. The molecule has 0 aliphatic rings. The van der Waals surface area contributed by atoms with Gasteiger partial charge in [0.15, 0.2) is 0 Å². The van der Waals surface area contributed by atoms with E-state index in [1.807, 2.05) is 31.3 Å². The normalized spacial score (nSPS) is 10.4. The molecule has 5 heteroatoms. The molecule has 1 heterocycles. The van der Waals surface area contributed by atoms with Gasteiger partial charge in [-0.1, -0.05) is 36.0 Å². The van der Waals surface area contributed by atoms with Crippen LogP contribution in [0.15, 0.2) is 35.4 Å². The number of benzene rings is 1. The van der Waals surface area contributed by atoms with Gasteiger partial charge in [-0.3, -0.25) is 0 Å². The van der Waals surface area contributed by atoms with Gasteiger partial charge in [-0.2, -0.15) is 4.98 Å². The van der Waals surface area contributed by atoms with E-state index in [0.717, 1.165) is 29.7 Å². The van der Waals surface area contributed by atoms with E-state index >= 15 is 0 Å². The van der Waals surface area contributed by atoms with E-state index in [9.17, 15) is 0 Å². The summed E-state index contributed by atoms with van der Waals surface area (Å²) in [6.07, 6.45) is 1.57. The Balaban J connectivity index is 2.13. The molecule has 0 saturated carbocycles. The lowest BCUT2D eigenvalue weighted by atomic mass is 10.1. The summed E-state index contributed by atoms with van der Waals surface area (Å²) >= 11 is 0. The monoisotopic (exact) mass is 258 g/mol. The summed E-state index contributed by atoms with van der Waals surface area (Å²) in [5.41, 5.74) is 8.29. The van der Waals surface area contributed by atoms with E-state index < -0.39 is 0 Å². The number of hydrogen-bond donors (Lipinski definition) is 2. The standard InChI is InChI=1S/C14H18N4O/c1-10(16-2)11-5-7-12(8-6-11)14-17-13(19-18-14)4-3-9-15/h5-8,16H,1,3-4,9,15H2,2H3. The van der Waals surface area contributed by atoms with Gasteiger partial charge in [-0.25, -0.2) is 0 Å². The van der Waals surface area contributed by atoms with Gasteiger partial charge in [-0.05, 0) is 18.5 Å². The number of rotatable bonds is 6. The van der Waals surface area contributed by atoms with Crippen LogP contribution in [-0.2, 0) is 6.42 Å². The van der Waals surface area contributed by atoms with Gasteiger partial charge in [0.2, 0.25) is 11.7 Å². The van der Waals surface area contributed by atoms with Crippen LogP contribution >= 0.6 is 0 Å².